The SMILES string of the molecule is CCCCc1ccc(NC(=O)C[n+]2ccc(N(C)C)cc2)cc1. The molecule has 0 unspecified atom stereocenters. The third-order valence-electron chi connectivity index (χ3n) is 3.77. The molecule has 0 fully saturated rings. The number of carbonyl (C=O) groups excluding carboxylic acids is 1. The largest absolute Gasteiger partial charge is 0.377 e. The van der Waals surface area contributed by atoms with Crippen LogP contribution >= 0.6 is 0 Å². The van der Waals surface area contributed by atoms with Crippen LogP contribution in [0.5, 0.6) is 0 Å². The van der Waals surface area contributed by atoms with Crippen LogP contribution in [0.25, 0.3) is 0 Å². The van der Waals surface area contributed by atoms with Crippen LogP contribution < -0.4 is 14.8 Å². The fourth-order valence-electron chi connectivity index (χ4n) is 2.35. The summed E-state index contributed by atoms with van der Waals surface area (Å²) in [5.41, 5.74) is 3.28. The summed E-state index contributed by atoms with van der Waals surface area (Å²) in [5, 5.41) is 2.94. The van der Waals surface area contributed by atoms with Crippen molar-refractivity contribution >= 4 is 17.3 Å². The lowest BCUT2D eigenvalue weighted by Crippen LogP contribution is -2.39. The number of unbranched alkanes of at least 4 members (excludes halogenated alkanes) is 1. The monoisotopic (exact) mass is 312 g/mol. The van der Waals surface area contributed by atoms with E-state index < -0.39 is 0 Å². The standard InChI is InChI=1S/C19H25N3O/c1-4-5-6-16-7-9-17(10-8-16)20-19(23)15-22-13-11-18(12-14-22)21(2)3/h7-14H,4-6,15H2,1-3H3/p+1. The predicted molar refractivity (Wildman–Crippen MR) is 94.6 cm³/mol. The van der Waals surface area contributed by atoms with Gasteiger partial charge in [-0.3, -0.25) is 4.79 Å². The normalized spacial score (nSPS) is 10.4. The highest BCUT2D eigenvalue weighted by molar-refractivity contribution is 5.89. The molecule has 4 heteroatoms. The topological polar surface area (TPSA) is 36.2 Å². The number of amides is 1. The Hall–Kier alpha value is -2.36. The second-order valence-corrected chi connectivity index (χ2v) is 5.97. The van der Waals surface area contributed by atoms with Gasteiger partial charge in [-0.05, 0) is 30.5 Å². The van der Waals surface area contributed by atoms with Crippen LogP contribution in [0.15, 0.2) is 48.8 Å². The molecule has 0 bridgehead atoms. The molecule has 0 saturated heterocycles. The number of hydrogen-bond acceptors (Lipinski definition) is 2. The summed E-state index contributed by atoms with van der Waals surface area (Å²) in [7, 11) is 3.99. The van der Waals surface area contributed by atoms with Gasteiger partial charge in [-0.2, -0.15) is 4.57 Å². The van der Waals surface area contributed by atoms with Crippen molar-refractivity contribution in [2.24, 2.45) is 0 Å². The number of aryl methyl sites for hydroxylation is 1. The van der Waals surface area contributed by atoms with Gasteiger partial charge >= 0.3 is 0 Å². The summed E-state index contributed by atoms with van der Waals surface area (Å²) in [5.74, 6) is -0.0195. The van der Waals surface area contributed by atoms with E-state index in [-0.39, 0.29) is 5.91 Å². The molecule has 0 atom stereocenters. The molecule has 0 aliphatic heterocycles. The zero-order valence-electron chi connectivity index (χ0n) is 14.2. The molecule has 0 radical (unpaired) electrons. The van der Waals surface area contributed by atoms with Crippen molar-refractivity contribution in [3.8, 4) is 0 Å². The van der Waals surface area contributed by atoms with Crippen LogP contribution in [0.3, 0.4) is 0 Å². The minimum absolute atomic E-state index is 0.0195. The third kappa shape index (κ3) is 5.40. The third-order valence-corrected chi connectivity index (χ3v) is 3.77. The molecular weight excluding hydrogens is 286 g/mol. The number of nitrogens with one attached hydrogen (secondary N) is 1. The average molecular weight is 312 g/mol. The molecule has 1 aromatic heterocycles. The first-order valence-electron chi connectivity index (χ1n) is 8.13. The zero-order valence-corrected chi connectivity index (χ0v) is 14.2. The molecule has 4 nitrogen and oxygen atoms in total. The van der Waals surface area contributed by atoms with E-state index in [4.69, 9.17) is 0 Å². The first-order chi connectivity index (χ1) is 11.1. The second kappa shape index (κ2) is 8.32. The maximum absolute atomic E-state index is 12.1. The van der Waals surface area contributed by atoms with E-state index in [1.165, 1.54) is 18.4 Å². The van der Waals surface area contributed by atoms with E-state index >= 15 is 0 Å². The second-order valence-electron chi connectivity index (χ2n) is 5.97. The number of benzene rings is 1. The highest BCUT2D eigenvalue weighted by atomic mass is 16.1. The smallest absolute Gasteiger partial charge is 0.290 e. The Kier molecular flexibility index (Phi) is 6.15. The molecule has 1 N–H and O–H groups in total. The number of pyridine rings is 1. The first kappa shape index (κ1) is 17.0. The van der Waals surface area contributed by atoms with Crippen LogP contribution in [-0.4, -0.2) is 20.0 Å². The summed E-state index contributed by atoms with van der Waals surface area (Å²) in [6.07, 6.45) is 7.33. The minimum atomic E-state index is -0.0195. The Morgan fingerprint density at radius 1 is 1.09 bits per heavy atom. The Labute approximate surface area is 138 Å². The summed E-state index contributed by atoms with van der Waals surface area (Å²) < 4.78 is 1.87. The Morgan fingerprint density at radius 3 is 2.30 bits per heavy atom. The highest BCUT2D eigenvalue weighted by Gasteiger charge is 2.10. The molecule has 1 amide bonds. The first-order valence-corrected chi connectivity index (χ1v) is 8.13. The lowest BCUT2D eigenvalue weighted by Gasteiger charge is -2.10. The van der Waals surface area contributed by atoms with Crippen LogP contribution in [-0.2, 0) is 17.8 Å². The van der Waals surface area contributed by atoms with Gasteiger partial charge in [0.05, 0.1) is 0 Å². The summed E-state index contributed by atoms with van der Waals surface area (Å²) >= 11 is 0. The van der Waals surface area contributed by atoms with Crippen molar-refractivity contribution in [2.75, 3.05) is 24.3 Å². The number of anilines is 2. The summed E-state index contributed by atoms with van der Waals surface area (Å²) in [4.78, 5) is 14.1. The lowest BCUT2D eigenvalue weighted by atomic mass is 10.1. The van der Waals surface area contributed by atoms with Gasteiger partial charge in [0.25, 0.3) is 5.91 Å². The van der Waals surface area contributed by atoms with Crippen LogP contribution in [0.2, 0.25) is 0 Å². The fraction of sp³-hybridized carbons (Fsp3) is 0.368. The number of hydrogen-bond donors (Lipinski definition) is 1. The molecule has 1 aromatic carbocycles. The quantitative estimate of drug-likeness (QED) is 0.798. The van der Waals surface area contributed by atoms with Gasteiger partial charge in [0.1, 0.15) is 0 Å². The Bertz CT molecular complexity index is 618. The Morgan fingerprint density at radius 2 is 1.74 bits per heavy atom. The van der Waals surface area contributed by atoms with Crippen molar-refractivity contribution < 1.29 is 9.36 Å². The van der Waals surface area contributed by atoms with Gasteiger partial charge in [0.2, 0.25) is 6.54 Å². The van der Waals surface area contributed by atoms with Crippen molar-refractivity contribution in [3.63, 3.8) is 0 Å². The van der Waals surface area contributed by atoms with Gasteiger partial charge in [0.15, 0.2) is 12.4 Å². The van der Waals surface area contributed by atoms with Crippen LogP contribution in [0, 0.1) is 0 Å². The maximum Gasteiger partial charge on any atom is 0.290 e. The molecule has 2 rings (SSSR count). The predicted octanol–water partition coefficient (Wildman–Crippen LogP) is 3.02. The molecule has 23 heavy (non-hydrogen) atoms. The number of carbonyl (C=O) groups is 1. The van der Waals surface area contributed by atoms with E-state index in [1.807, 2.05) is 60.2 Å². The van der Waals surface area contributed by atoms with E-state index in [1.54, 1.807) is 0 Å². The van der Waals surface area contributed by atoms with Gasteiger partial charge in [-0.1, -0.05) is 25.5 Å². The van der Waals surface area contributed by atoms with Crippen molar-refractivity contribution in [1.82, 2.24) is 0 Å². The number of aromatic nitrogens is 1. The molecule has 0 aliphatic rings. The minimum Gasteiger partial charge on any atom is -0.377 e. The Balaban J connectivity index is 1.88. The fourth-order valence-corrected chi connectivity index (χ4v) is 2.35. The van der Waals surface area contributed by atoms with Gasteiger partial charge in [-0.15, -0.1) is 0 Å². The zero-order chi connectivity index (χ0) is 16.7. The van der Waals surface area contributed by atoms with E-state index in [9.17, 15) is 4.79 Å². The summed E-state index contributed by atoms with van der Waals surface area (Å²) in [6, 6.07) is 12.1. The van der Waals surface area contributed by atoms with Crippen molar-refractivity contribution in [3.05, 3.63) is 54.4 Å². The lowest BCUT2D eigenvalue weighted by molar-refractivity contribution is -0.684. The van der Waals surface area contributed by atoms with Crippen molar-refractivity contribution in [1.29, 1.82) is 0 Å². The molecule has 2 aromatic rings. The van der Waals surface area contributed by atoms with Crippen molar-refractivity contribution in [2.45, 2.75) is 32.7 Å². The maximum atomic E-state index is 12.1. The number of nitrogens with zero attached hydrogens (tertiary/aromatic N) is 2. The molecular formula is C19H26N3O+. The van der Waals surface area contributed by atoms with E-state index in [0.717, 1.165) is 17.8 Å². The molecule has 122 valence electrons. The van der Waals surface area contributed by atoms with Gasteiger partial charge in [-0.25, -0.2) is 0 Å². The van der Waals surface area contributed by atoms with Gasteiger partial charge < -0.3 is 10.2 Å². The van der Waals surface area contributed by atoms with E-state index in [2.05, 4.69) is 24.4 Å². The molecule has 0 aliphatic carbocycles. The van der Waals surface area contributed by atoms with Crippen LogP contribution in [0.1, 0.15) is 25.3 Å². The van der Waals surface area contributed by atoms with Crippen LogP contribution in [0.4, 0.5) is 11.4 Å². The molecule has 1 heterocycles. The summed E-state index contributed by atoms with van der Waals surface area (Å²) in [6.45, 7) is 2.50. The highest BCUT2D eigenvalue weighted by Crippen LogP contribution is 2.12. The van der Waals surface area contributed by atoms with Gasteiger partial charge in [0, 0.05) is 37.6 Å². The number of rotatable bonds is 7. The molecule has 0 saturated carbocycles. The molecule has 0 spiro atoms. The average Bonchev–Trinajstić information content (AvgIpc) is 2.54. The van der Waals surface area contributed by atoms with E-state index in [0.29, 0.717) is 6.54 Å².